The summed E-state index contributed by atoms with van der Waals surface area (Å²) in [4.78, 5) is 10.4. The summed E-state index contributed by atoms with van der Waals surface area (Å²) in [6, 6.07) is -0.621. The molecule has 0 aromatic carbocycles. The Hall–Kier alpha value is -0.610. The first-order valence-electron chi connectivity index (χ1n) is 5.75. The van der Waals surface area contributed by atoms with Crippen molar-refractivity contribution in [1.29, 1.82) is 0 Å². The highest BCUT2D eigenvalue weighted by molar-refractivity contribution is 5.67. The highest BCUT2D eigenvalue weighted by Crippen LogP contribution is 2.27. The van der Waals surface area contributed by atoms with Gasteiger partial charge in [-0.2, -0.15) is 0 Å². The largest absolute Gasteiger partial charge is 0.481 e. The monoisotopic (exact) mass is 215 g/mol. The molecule has 1 fully saturated rings. The topological polar surface area (TPSA) is 83.6 Å². The summed E-state index contributed by atoms with van der Waals surface area (Å²) < 4.78 is 0. The summed E-state index contributed by atoms with van der Waals surface area (Å²) in [5, 5.41) is 18.3. The van der Waals surface area contributed by atoms with Crippen LogP contribution in [0, 0.1) is 5.92 Å². The van der Waals surface area contributed by atoms with Gasteiger partial charge in [0.2, 0.25) is 0 Å². The Morgan fingerprint density at radius 2 is 1.93 bits per heavy atom. The van der Waals surface area contributed by atoms with Gasteiger partial charge in [-0.25, -0.2) is 0 Å². The molecule has 0 unspecified atom stereocenters. The van der Waals surface area contributed by atoms with E-state index in [9.17, 15) is 9.90 Å². The fourth-order valence-corrected chi connectivity index (χ4v) is 2.28. The number of carboxylic acids is 1. The van der Waals surface area contributed by atoms with Crippen molar-refractivity contribution in [3.63, 3.8) is 0 Å². The molecule has 15 heavy (non-hydrogen) atoms. The Kier molecular flexibility index (Phi) is 5.05. The minimum absolute atomic E-state index is 0.145. The van der Waals surface area contributed by atoms with E-state index in [-0.39, 0.29) is 6.42 Å². The van der Waals surface area contributed by atoms with Gasteiger partial charge in [-0.05, 0) is 12.3 Å². The molecule has 0 amide bonds. The van der Waals surface area contributed by atoms with Gasteiger partial charge in [0.15, 0.2) is 0 Å². The molecule has 4 N–H and O–H groups in total. The van der Waals surface area contributed by atoms with Crippen molar-refractivity contribution >= 4 is 5.97 Å². The Morgan fingerprint density at radius 3 is 2.47 bits per heavy atom. The molecule has 1 saturated carbocycles. The molecule has 1 aliphatic rings. The number of hydrogen-bond donors (Lipinski definition) is 3. The van der Waals surface area contributed by atoms with Crippen LogP contribution in [0.2, 0.25) is 0 Å². The van der Waals surface area contributed by atoms with Gasteiger partial charge in [0.25, 0.3) is 0 Å². The fraction of sp³-hybridized carbons (Fsp3) is 0.909. The minimum atomic E-state index is -0.940. The van der Waals surface area contributed by atoms with Crippen molar-refractivity contribution in [2.45, 2.75) is 57.1 Å². The minimum Gasteiger partial charge on any atom is -0.481 e. The summed E-state index contributed by atoms with van der Waals surface area (Å²) in [5.74, 6) is -0.404. The highest BCUT2D eigenvalue weighted by Gasteiger charge is 2.23. The number of aliphatic carboxylic acids is 1. The van der Waals surface area contributed by atoms with Gasteiger partial charge in [-0.3, -0.25) is 4.79 Å². The van der Waals surface area contributed by atoms with Gasteiger partial charge in [0.1, 0.15) is 0 Å². The van der Waals surface area contributed by atoms with Crippen molar-refractivity contribution in [2.24, 2.45) is 11.7 Å². The third kappa shape index (κ3) is 4.62. The third-order valence-corrected chi connectivity index (χ3v) is 3.20. The van der Waals surface area contributed by atoms with E-state index >= 15 is 0 Å². The van der Waals surface area contributed by atoms with Gasteiger partial charge >= 0.3 is 5.97 Å². The summed E-state index contributed by atoms with van der Waals surface area (Å²) in [7, 11) is 0. The van der Waals surface area contributed by atoms with Crippen LogP contribution in [-0.4, -0.2) is 28.3 Å². The molecule has 0 spiro atoms. The van der Waals surface area contributed by atoms with Gasteiger partial charge in [0, 0.05) is 6.04 Å². The number of carbonyl (C=O) groups is 1. The third-order valence-electron chi connectivity index (χ3n) is 3.20. The molecule has 0 aromatic rings. The second-order valence-electron chi connectivity index (χ2n) is 4.57. The van der Waals surface area contributed by atoms with Gasteiger partial charge < -0.3 is 15.9 Å². The van der Waals surface area contributed by atoms with E-state index in [1.807, 2.05) is 0 Å². The van der Waals surface area contributed by atoms with Crippen LogP contribution >= 0.6 is 0 Å². The second kappa shape index (κ2) is 6.08. The standard InChI is InChI=1S/C11H21NO3/c12-9(7-11(14)15)10(13)6-8-4-2-1-3-5-8/h8-10,13H,1-7,12H2,(H,14,15)/t9-,10-/m0/s1. The molecule has 0 saturated heterocycles. The molecule has 2 atom stereocenters. The van der Waals surface area contributed by atoms with E-state index in [1.165, 1.54) is 19.3 Å². The van der Waals surface area contributed by atoms with Crippen molar-refractivity contribution in [3.8, 4) is 0 Å². The number of aliphatic hydroxyl groups excluding tert-OH is 1. The van der Waals surface area contributed by atoms with E-state index in [2.05, 4.69) is 0 Å². The molecule has 0 heterocycles. The number of rotatable bonds is 5. The van der Waals surface area contributed by atoms with E-state index in [0.717, 1.165) is 12.8 Å². The van der Waals surface area contributed by atoms with Crippen molar-refractivity contribution in [1.82, 2.24) is 0 Å². The first kappa shape index (κ1) is 12.5. The lowest BCUT2D eigenvalue weighted by molar-refractivity contribution is -0.138. The highest BCUT2D eigenvalue weighted by atomic mass is 16.4. The lowest BCUT2D eigenvalue weighted by atomic mass is 9.84. The average Bonchev–Trinajstić information content (AvgIpc) is 2.18. The van der Waals surface area contributed by atoms with Gasteiger partial charge in [0.05, 0.1) is 12.5 Å². The van der Waals surface area contributed by atoms with Crippen LogP contribution in [0.15, 0.2) is 0 Å². The summed E-state index contributed by atoms with van der Waals surface area (Å²) in [6.45, 7) is 0. The van der Waals surface area contributed by atoms with Crippen LogP contribution in [0.3, 0.4) is 0 Å². The van der Waals surface area contributed by atoms with Crippen LogP contribution in [0.5, 0.6) is 0 Å². The van der Waals surface area contributed by atoms with Gasteiger partial charge in [-0.15, -0.1) is 0 Å². The van der Waals surface area contributed by atoms with E-state index < -0.39 is 18.1 Å². The Balaban J connectivity index is 2.26. The van der Waals surface area contributed by atoms with E-state index in [1.54, 1.807) is 0 Å². The Morgan fingerprint density at radius 1 is 1.33 bits per heavy atom. The van der Waals surface area contributed by atoms with E-state index in [4.69, 9.17) is 10.8 Å². The first-order valence-corrected chi connectivity index (χ1v) is 5.75. The molecule has 4 heteroatoms. The fourth-order valence-electron chi connectivity index (χ4n) is 2.28. The van der Waals surface area contributed by atoms with Crippen LogP contribution in [-0.2, 0) is 4.79 Å². The van der Waals surface area contributed by atoms with Crippen molar-refractivity contribution in [2.75, 3.05) is 0 Å². The van der Waals surface area contributed by atoms with Crippen molar-refractivity contribution < 1.29 is 15.0 Å². The zero-order valence-corrected chi connectivity index (χ0v) is 9.06. The zero-order chi connectivity index (χ0) is 11.3. The zero-order valence-electron chi connectivity index (χ0n) is 9.06. The van der Waals surface area contributed by atoms with Gasteiger partial charge in [-0.1, -0.05) is 32.1 Å². The molecule has 0 aliphatic heterocycles. The normalized spacial score (nSPS) is 22.3. The molecule has 0 aromatic heterocycles. The van der Waals surface area contributed by atoms with Crippen LogP contribution in [0.25, 0.3) is 0 Å². The molecule has 1 aliphatic carbocycles. The SMILES string of the molecule is N[C@@H](CC(=O)O)[C@@H](O)CC1CCCCC1. The molecular formula is C11H21NO3. The predicted octanol–water partition coefficient (Wildman–Crippen LogP) is 1.12. The predicted molar refractivity (Wildman–Crippen MR) is 57.4 cm³/mol. The quantitative estimate of drug-likeness (QED) is 0.641. The summed E-state index contributed by atoms with van der Waals surface area (Å²) in [5.41, 5.74) is 5.60. The number of hydrogen-bond acceptors (Lipinski definition) is 3. The molecular weight excluding hydrogens is 194 g/mol. The molecule has 4 nitrogen and oxygen atoms in total. The smallest absolute Gasteiger partial charge is 0.305 e. The number of carboxylic acid groups (broad SMARTS) is 1. The Labute approximate surface area is 90.5 Å². The molecule has 88 valence electrons. The maximum absolute atomic E-state index is 10.4. The average molecular weight is 215 g/mol. The number of nitrogens with two attached hydrogens (primary N) is 1. The molecule has 0 bridgehead atoms. The lowest BCUT2D eigenvalue weighted by Gasteiger charge is -2.26. The second-order valence-corrected chi connectivity index (χ2v) is 4.57. The van der Waals surface area contributed by atoms with Crippen LogP contribution in [0.1, 0.15) is 44.9 Å². The molecule has 1 rings (SSSR count). The molecule has 0 radical (unpaired) electrons. The lowest BCUT2D eigenvalue weighted by Crippen LogP contribution is -2.38. The summed E-state index contributed by atoms with van der Waals surface area (Å²) >= 11 is 0. The Bertz CT molecular complexity index is 202. The maximum atomic E-state index is 10.4. The summed E-state index contributed by atoms with van der Waals surface area (Å²) in [6.07, 6.45) is 5.89. The van der Waals surface area contributed by atoms with Crippen LogP contribution in [0.4, 0.5) is 0 Å². The van der Waals surface area contributed by atoms with E-state index in [0.29, 0.717) is 12.3 Å². The maximum Gasteiger partial charge on any atom is 0.305 e. The van der Waals surface area contributed by atoms with Crippen molar-refractivity contribution in [3.05, 3.63) is 0 Å². The first-order chi connectivity index (χ1) is 7.09. The van der Waals surface area contributed by atoms with Crippen LogP contribution < -0.4 is 5.73 Å². The number of aliphatic hydroxyl groups is 1.